The number of hydrogen-bond acceptors (Lipinski definition) is 6. The Labute approximate surface area is 269 Å². The summed E-state index contributed by atoms with van der Waals surface area (Å²) in [6.45, 7) is 5.25. The molecule has 1 fully saturated rings. The number of benzene rings is 4. The number of nitrogens with zero attached hydrogens (tertiary/aromatic N) is 5. The van der Waals surface area contributed by atoms with Crippen molar-refractivity contribution in [3.63, 3.8) is 0 Å². The summed E-state index contributed by atoms with van der Waals surface area (Å²) in [7, 11) is 1.68. The van der Waals surface area contributed by atoms with E-state index >= 15 is 0 Å². The number of piperazine rings is 1. The molecule has 0 bridgehead atoms. The van der Waals surface area contributed by atoms with Crippen LogP contribution in [0.3, 0.4) is 0 Å². The predicted molar refractivity (Wildman–Crippen MR) is 181 cm³/mol. The lowest BCUT2D eigenvalue weighted by molar-refractivity contribution is -0.133. The smallest absolute Gasteiger partial charge is 0.222 e. The second-order valence-electron chi connectivity index (χ2n) is 11.3. The minimum Gasteiger partial charge on any atom is -0.495 e. The molecule has 0 N–H and O–H groups in total. The Kier molecular flexibility index (Phi) is 9.92. The molecule has 4 aromatic carbocycles. The zero-order chi connectivity index (χ0) is 31.0. The molecule has 2 heterocycles. The van der Waals surface area contributed by atoms with Crippen molar-refractivity contribution in [3.05, 3.63) is 126 Å². The van der Waals surface area contributed by atoms with Crippen molar-refractivity contribution >= 4 is 17.7 Å². The van der Waals surface area contributed by atoms with E-state index < -0.39 is 0 Å². The van der Waals surface area contributed by atoms with E-state index in [1.807, 2.05) is 29.2 Å². The van der Waals surface area contributed by atoms with Gasteiger partial charge >= 0.3 is 0 Å². The standard InChI is InChI=1S/C37H39N5O2S/c1-28-19-21-31(22-20-28)36-38-39-37(42(36)32-16-9-10-17-33(32)44-2)45-27-11-18-34(43)40-23-25-41(26-24-40)35(29-12-5-3-6-13-29)30-14-7-4-8-15-30/h3-10,12-17,19-22,35H,11,18,23-27H2,1-2H3. The van der Waals surface area contributed by atoms with E-state index in [9.17, 15) is 4.79 Å². The first-order valence-electron chi connectivity index (χ1n) is 15.5. The van der Waals surface area contributed by atoms with Crippen LogP contribution < -0.4 is 4.74 Å². The summed E-state index contributed by atoms with van der Waals surface area (Å²) in [5.74, 6) is 2.50. The van der Waals surface area contributed by atoms with E-state index in [0.29, 0.717) is 6.42 Å². The molecular weight excluding hydrogens is 579 g/mol. The first kappa shape index (κ1) is 30.6. The third-order valence-electron chi connectivity index (χ3n) is 8.30. The molecule has 6 rings (SSSR count). The number of aromatic nitrogens is 3. The normalized spacial score (nSPS) is 13.7. The van der Waals surface area contributed by atoms with Gasteiger partial charge in [0.25, 0.3) is 0 Å². The Bertz CT molecular complexity index is 1640. The Balaban J connectivity index is 1.08. The van der Waals surface area contributed by atoms with Crippen molar-refractivity contribution in [2.45, 2.75) is 31.0 Å². The van der Waals surface area contributed by atoms with Crippen LogP contribution in [-0.2, 0) is 4.79 Å². The van der Waals surface area contributed by atoms with Crippen LogP contribution in [0.25, 0.3) is 17.1 Å². The van der Waals surface area contributed by atoms with Crippen LogP contribution >= 0.6 is 11.8 Å². The molecule has 1 aliphatic heterocycles. The molecule has 1 aliphatic rings. The molecule has 8 heteroatoms. The first-order valence-corrected chi connectivity index (χ1v) is 16.5. The van der Waals surface area contributed by atoms with Crippen molar-refractivity contribution in [1.82, 2.24) is 24.6 Å². The first-order chi connectivity index (χ1) is 22.1. The van der Waals surface area contributed by atoms with Crippen molar-refractivity contribution in [3.8, 4) is 22.8 Å². The maximum absolute atomic E-state index is 13.3. The molecule has 45 heavy (non-hydrogen) atoms. The Hall–Kier alpha value is -4.40. The number of amides is 1. The fraction of sp³-hybridized carbons (Fsp3) is 0.270. The van der Waals surface area contributed by atoms with Crippen LogP contribution in [0.2, 0.25) is 0 Å². The molecule has 230 valence electrons. The van der Waals surface area contributed by atoms with Gasteiger partial charge in [-0.1, -0.05) is 114 Å². The highest BCUT2D eigenvalue weighted by atomic mass is 32.2. The number of methoxy groups -OCH3 is 1. The van der Waals surface area contributed by atoms with Gasteiger partial charge in [0.2, 0.25) is 5.91 Å². The lowest BCUT2D eigenvalue weighted by Gasteiger charge is -2.40. The Morgan fingerprint density at radius 1 is 0.800 bits per heavy atom. The van der Waals surface area contributed by atoms with Crippen molar-refractivity contribution in [1.29, 1.82) is 0 Å². The Morgan fingerprint density at radius 3 is 2.07 bits per heavy atom. The highest BCUT2D eigenvalue weighted by Gasteiger charge is 2.28. The van der Waals surface area contributed by atoms with Crippen LogP contribution in [0.5, 0.6) is 5.75 Å². The number of hydrogen-bond donors (Lipinski definition) is 0. The fourth-order valence-corrected chi connectivity index (χ4v) is 6.83. The molecule has 0 radical (unpaired) electrons. The monoisotopic (exact) mass is 617 g/mol. The van der Waals surface area contributed by atoms with Crippen molar-refractivity contribution in [2.75, 3.05) is 39.0 Å². The van der Waals surface area contributed by atoms with Gasteiger partial charge in [-0.3, -0.25) is 14.3 Å². The van der Waals surface area contributed by atoms with Crippen molar-refractivity contribution in [2.24, 2.45) is 0 Å². The topological polar surface area (TPSA) is 63.5 Å². The minimum atomic E-state index is 0.187. The van der Waals surface area contributed by atoms with Gasteiger partial charge in [0.1, 0.15) is 5.75 Å². The predicted octanol–water partition coefficient (Wildman–Crippen LogP) is 7.06. The van der Waals surface area contributed by atoms with Crippen LogP contribution in [-0.4, -0.2) is 69.5 Å². The fourth-order valence-electron chi connectivity index (χ4n) is 5.94. The zero-order valence-electron chi connectivity index (χ0n) is 25.9. The van der Waals surface area contributed by atoms with Crippen LogP contribution in [0.15, 0.2) is 114 Å². The number of carbonyl (C=O) groups is 1. The molecule has 0 unspecified atom stereocenters. The third kappa shape index (κ3) is 7.13. The van der Waals surface area contributed by atoms with Gasteiger partial charge in [0, 0.05) is 43.9 Å². The zero-order valence-corrected chi connectivity index (χ0v) is 26.7. The summed E-state index contributed by atoms with van der Waals surface area (Å²) in [5.41, 5.74) is 5.64. The van der Waals surface area contributed by atoms with Gasteiger partial charge in [0.05, 0.1) is 18.8 Å². The van der Waals surface area contributed by atoms with E-state index in [-0.39, 0.29) is 11.9 Å². The number of para-hydroxylation sites is 2. The summed E-state index contributed by atoms with van der Waals surface area (Å²) in [5, 5.41) is 9.93. The minimum absolute atomic E-state index is 0.187. The van der Waals surface area contributed by atoms with Gasteiger partial charge in [-0.2, -0.15) is 0 Å². The summed E-state index contributed by atoms with van der Waals surface area (Å²) in [6.07, 6.45) is 1.28. The van der Waals surface area contributed by atoms with E-state index in [1.165, 1.54) is 16.7 Å². The van der Waals surface area contributed by atoms with Gasteiger partial charge in [-0.05, 0) is 36.6 Å². The Morgan fingerprint density at radius 2 is 1.42 bits per heavy atom. The largest absolute Gasteiger partial charge is 0.495 e. The number of rotatable bonds is 11. The van der Waals surface area contributed by atoms with Gasteiger partial charge < -0.3 is 9.64 Å². The maximum atomic E-state index is 13.3. The highest BCUT2D eigenvalue weighted by Crippen LogP contribution is 2.33. The van der Waals surface area contributed by atoms with Crippen LogP contribution in [0.1, 0.15) is 35.6 Å². The van der Waals surface area contributed by atoms with Gasteiger partial charge in [-0.25, -0.2) is 0 Å². The SMILES string of the molecule is COc1ccccc1-n1c(SCCCC(=O)N2CCN(C(c3ccccc3)c3ccccc3)CC2)nnc1-c1ccc(C)cc1. The molecule has 0 atom stereocenters. The van der Waals surface area contributed by atoms with E-state index in [4.69, 9.17) is 4.74 Å². The summed E-state index contributed by atoms with van der Waals surface area (Å²) in [4.78, 5) is 17.8. The maximum Gasteiger partial charge on any atom is 0.222 e. The average molecular weight is 618 g/mol. The lowest BCUT2D eigenvalue weighted by Crippen LogP contribution is -2.49. The molecule has 0 spiro atoms. The summed E-state index contributed by atoms with van der Waals surface area (Å²) >= 11 is 1.62. The highest BCUT2D eigenvalue weighted by molar-refractivity contribution is 7.99. The molecule has 0 saturated carbocycles. The number of aryl methyl sites for hydroxylation is 1. The van der Waals surface area contributed by atoms with E-state index in [0.717, 1.165) is 66.3 Å². The lowest BCUT2D eigenvalue weighted by atomic mass is 9.96. The molecule has 1 aromatic heterocycles. The average Bonchev–Trinajstić information content (AvgIpc) is 3.52. The summed E-state index contributed by atoms with van der Waals surface area (Å²) < 4.78 is 7.75. The molecule has 5 aromatic rings. The van der Waals surface area contributed by atoms with Crippen LogP contribution in [0.4, 0.5) is 0 Å². The third-order valence-corrected chi connectivity index (χ3v) is 9.31. The quantitative estimate of drug-likeness (QED) is 0.117. The van der Waals surface area contributed by atoms with Crippen LogP contribution in [0, 0.1) is 6.92 Å². The van der Waals surface area contributed by atoms with E-state index in [2.05, 4.69) is 112 Å². The molecule has 0 aliphatic carbocycles. The summed E-state index contributed by atoms with van der Waals surface area (Å²) in [6, 6.07) is 37.7. The van der Waals surface area contributed by atoms with Crippen molar-refractivity contribution < 1.29 is 9.53 Å². The number of carbonyl (C=O) groups excluding carboxylic acids is 1. The molecular formula is C37H39N5O2S. The van der Waals surface area contributed by atoms with E-state index in [1.54, 1.807) is 18.9 Å². The molecule has 7 nitrogen and oxygen atoms in total. The van der Waals surface area contributed by atoms with Gasteiger partial charge in [-0.15, -0.1) is 10.2 Å². The molecule has 1 saturated heterocycles. The number of thioether (sulfide) groups is 1. The second-order valence-corrected chi connectivity index (χ2v) is 12.3. The second kappa shape index (κ2) is 14.6. The number of ether oxygens (including phenoxy) is 1. The van der Waals surface area contributed by atoms with Gasteiger partial charge in [0.15, 0.2) is 11.0 Å². The molecule has 1 amide bonds.